The van der Waals surface area contributed by atoms with Gasteiger partial charge in [0.1, 0.15) is 11.9 Å². The third-order valence-corrected chi connectivity index (χ3v) is 2.48. The summed E-state index contributed by atoms with van der Waals surface area (Å²) in [4.78, 5) is 4.07. The van der Waals surface area contributed by atoms with Crippen molar-refractivity contribution in [1.29, 1.82) is 0 Å². The normalized spacial score (nSPS) is 12.6. The molecule has 2 rings (SSSR count). The fourth-order valence-electron chi connectivity index (χ4n) is 1.54. The molecule has 0 saturated heterocycles. The molecule has 0 aliphatic rings. The maximum absolute atomic E-state index is 12.7. The first-order valence-corrected chi connectivity index (χ1v) is 5.64. The first-order valence-electron chi connectivity index (χ1n) is 5.64. The molecule has 1 aromatic heterocycles. The highest BCUT2D eigenvalue weighted by Gasteiger charge is 2.15. The Labute approximate surface area is 103 Å². The largest absolute Gasteiger partial charge is 0.383 e. The summed E-state index contributed by atoms with van der Waals surface area (Å²) in [6, 6.07) is 6.06. The SMILES string of the molecule is NCC[C@H](O)c1nc(Cc2ccc(F)cc2)no1. The van der Waals surface area contributed by atoms with Crippen molar-refractivity contribution in [1.82, 2.24) is 10.1 Å². The Morgan fingerprint density at radius 2 is 2.06 bits per heavy atom. The van der Waals surface area contributed by atoms with E-state index in [-0.39, 0.29) is 11.7 Å². The molecule has 0 aliphatic carbocycles. The zero-order valence-corrected chi connectivity index (χ0v) is 9.71. The number of halogens is 1. The molecule has 0 fully saturated rings. The fraction of sp³-hybridized carbons (Fsp3) is 0.333. The van der Waals surface area contributed by atoms with Crippen molar-refractivity contribution in [2.24, 2.45) is 5.73 Å². The molecule has 5 nitrogen and oxygen atoms in total. The molecule has 1 atom stereocenters. The topological polar surface area (TPSA) is 85.2 Å². The molecular formula is C12H14FN3O2. The van der Waals surface area contributed by atoms with E-state index in [2.05, 4.69) is 10.1 Å². The van der Waals surface area contributed by atoms with Crippen LogP contribution < -0.4 is 5.73 Å². The minimum Gasteiger partial charge on any atom is -0.383 e. The van der Waals surface area contributed by atoms with Crippen LogP contribution in [0.5, 0.6) is 0 Å². The van der Waals surface area contributed by atoms with Crippen LogP contribution >= 0.6 is 0 Å². The number of hydrogen-bond acceptors (Lipinski definition) is 5. The number of nitrogens with zero attached hydrogens (tertiary/aromatic N) is 2. The second kappa shape index (κ2) is 5.70. The van der Waals surface area contributed by atoms with Crippen molar-refractivity contribution in [2.75, 3.05) is 6.54 Å². The van der Waals surface area contributed by atoms with E-state index in [4.69, 9.17) is 10.3 Å². The number of benzene rings is 1. The number of hydrogen-bond donors (Lipinski definition) is 2. The van der Waals surface area contributed by atoms with E-state index >= 15 is 0 Å². The van der Waals surface area contributed by atoms with Crippen LogP contribution in [0, 0.1) is 5.82 Å². The minimum absolute atomic E-state index is 0.164. The Morgan fingerprint density at radius 1 is 1.33 bits per heavy atom. The Bertz CT molecular complexity index is 498. The van der Waals surface area contributed by atoms with Gasteiger partial charge in [0, 0.05) is 6.42 Å². The maximum atomic E-state index is 12.7. The van der Waals surface area contributed by atoms with Crippen molar-refractivity contribution < 1.29 is 14.0 Å². The monoisotopic (exact) mass is 251 g/mol. The summed E-state index contributed by atoms with van der Waals surface area (Å²) in [5.74, 6) is 0.330. The summed E-state index contributed by atoms with van der Waals surface area (Å²) < 4.78 is 17.7. The molecule has 0 radical (unpaired) electrons. The lowest BCUT2D eigenvalue weighted by atomic mass is 10.1. The van der Waals surface area contributed by atoms with Gasteiger partial charge in [-0.3, -0.25) is 0 Å². The maximum Gasteiger partial charge on any atom is 0.255 e. The fourth-order valence-corrected chi connectivity index (χ4v) is 1.54. The zero-order chi connectivity index (χ0) is 13.0. The predicted octanol–water partition coefficient (Wildman–Crippen LogP) is 1.18. The molecule has 1 aromatic carbocycles. The van der Waals surface area contributed by atoms with Crippen molar-refractivity contribution in [3.63, 3.8) is 0 Å². The second-order valence-corrected chi connectivity index (χ2v) is 3.95. The van der Waals surface area contributed by atoms with E-state index in [0.29, 0.717) is 25.2 Å². The van der Waals surface area contributed by atoms with Crippen LogP contribution in [0.1, 0.15) is 29.8 Å². The highest BCUT2D eigenvalue weighted by atomic mass is 19.1. The lowest BCUT2D eigenvalue weighted by Gasteiger charge is -2.01. The van der Waals surface area contributed by atoms with Gasteiger partial charge in [0.05, 0.1) is 0 Å². The molecule has 18 heavy (non-hydrogen) atoms. The van der Waals surface area contributed by atoms with Gasteiger partial charge < -0.3 is 15.4 Å². The van der Waals surface area contributed by atoms with E-state index in [9.17, 15) is 9.50 Å². The predicted molar refractivity (Wildman–Crippen MR) is 62.1 cm³/mol. The smallest absolute Gasteiger partial charge is 0.255 e. The molecular weight excluding hydrogens is 237 g/mol. The van der Waals surface area contributed by atoms with Gasteiger partial charge >= 0.3 is 0 Å². The van der Waals surface area contributed by atoms with Gasteiger partial charge in [0.25, 0.3) is 5.89 Å². The minimum atomic E-state index is -0.829. The third-order valence-electron chi connectivity index (χ3n) is 2.48. The Kier molecular flexibility index (Phi) is 4.01. The lowest BCUT2D eigenvalue weighted by Crippen LogP contribution is -2.07. The van der Waals surface area contributed by atoms with Crippen LogP contribution in [0.4, 0.5) is 4.39 Å². The summed E-state index contributed by atoms with van der Waals surface area (Å²) in [6.07, 6.45) is -0.0263. The molecule has 6 heteroatoms. The van der Waals surface area contributed by atoms with E-state index in [1.165, 1.54) is 12.1 Å². The second-order valence-electron chi connectivity index (χ2n) is 3.95. The number of aliphatic hydroxyl groups excluding tert-OH is 1. The average molecular weight is 251 g/mol. The average Bonchev–Trinajstić information content (AvgIpc) is 2.81. The molecule has 3 N–H and O–H groups in total. The number of nitrogens with two attached hydrogens (primary N) is 1. The van der Waals surface area contributed by atoms with Crippen LogP contribution in [0.2, 0.25) is 0 Å². The van der Waals surface area contributed by atoms with Gasteiger partial charge in [0.15, 0.2) is 5.82 Å². The molecule has 1 heterocycles. The number of aromatic nitrogens is 2. The Hall–Kier alpha value is -1.79. The number of aliphatic hydroxyl groups is 1. The summed E-state index contributed by atoms with van der Waals surface area (Å²) in [5.41, 5.74) is 6.20. The van der Waals surface area contributed by atoms with E-state index in [0.717, 1.165) is 5.56 Å². The van der Waals surface area contributed by atoms with Crippen molar-refractivity contribution in [3.8, 4) is 0 Å². The molecule has 2 aromatic rings. The lowest BCUT2D eigenvalue weighted by molar-refractivity contribution is 0.127. The molecule has 0 unspecified atom stereocenters. The van der Waals surface area contributed by atoms with Crippen molar-refractivity contribution in [3.05, 3.63) is 47.4 Å². The van der Waals surface area contributed by atoms with Crippen LogP contribution in [0.3, 0.4) is 0 Å². The van der Waals surface area contributed by atoms with Crippen LogP contribution in [-0.2, 0) is 6.42 Å². The molecule has 0 amide bonds. The first kappa shape index (κ1) is 12.7. The Morgan fingerprint density at radius 3 is 2.72 bits per heavy atom. The Balaban J connectivity index is 2.04. The summed E-state index contributed by atoms with van der Waals surface area (Å²) in [5, 5.41) is 13.4. The van der Waals surface area contributed by atoms with Gasteiger partial charge in [0.2, 0.25) is 0 Å². The van der Waals surface area contributed by atoms with Crippen molar-refractivity contribution in [2.45, 2.75) is 18.9 Å². The highest BCUT2D eigenvalue weighted by molar-refractivity contribution is 5.19. The molecule has 96 valence electrons. The van der Waals surface area contributed by atoms with Gasteiger partial charge in [-0.15, -0.1) is 0 Å². The summed E-state index contributed by atoms with van der Waals surface area (Å²) in [6.45, 7) is 0.344. The van der Waals surface area contributed by atoms with E-state index < -0.39 is 6.10 Å². The molecule has 0 bridgehead atoms. The third kappa shape index (κ3) is 3.12. The molecule has 0 spiro atoms. The van der Waals surface area contributed by atoms with Gasteiger partial charge in [-0.25, -0.2) is 4.39 Å². The first-order chi connectivity index (χ1) is 8.69. The standard InChI is InChI=1S/C12H14FN3O2/c13-9-3-1-8(2-4-9)7-11-15-12(18-16-11)10(17)5-6-14/h1-4,10,17H,5-7,14H2/t10-/m0/s1. The quantitative estimate of drug-likeness (QED) is 0.833. The molecule has 0 saturated carbocycles. The van der Waals surface area contributed by atoms with Gasteiger partial charge in [-0.1, -0.05) is 17.3 Å². The van der Waals surface area contributed by atoms with Gasteiger partial charge in [-0.2, -0.15) is 4.98 Å². The van der Waals surface area contributed by atoms with E-state index in [1.54, 1.807) is 12.1 Å². The highest BCUT2D eigenvalue weighted by Crippen LogP contribution is 2.15. The zero-order valence-electron chi connectivity index (χ0n) is 9.71. The summed E-state index contributed by atoms with van der Waals surface area (Å²) >= 11 is 0. The van der Waals surface area contributed by atoms with Crippen LogP contribution in [0.25, 0.3) is 0 Å². The van der Waals surface area contributed by atoms with Gasteiger partial charge in [-0.05, 0) is 30.7 Å². The van der Waals surface area contributed by atoms with Crippen LogP contribution in [-0.4, -0.2) is 21.8 Å². The van der Waals surface area contributed by atoms with Crippen molar-refractivity contribution >= 4 is 0 Å². The number of rotatable bonds is 5. The summed E-state index contributed by atoms with van der Waals surface area (Å²) in [7, 11) is 0. The van der Waals surface area contributed by atoms with E-state index in [1.807, 2.05) is 0 Å². The molecule has 0 aliphatic heterocycles. The van der Waals surface area contributed by atoms with Crippen LogP contribution in [0.15, 0.2) is 28.8 Å².